The van der Waals surface area contributed by atoms with Crippen LogP contribution in [0.1, 0.15) is 28.8 Å². The quantitative estimate of drug-likeness (QED) is 0.792. The summed E-state index contributed by atoms with van der Waals surface area (Å²) in [5.74, 6) is -0.465. The average Bonchev–Trinajstić information content (AvgIpc) is 2.70. The normalized spacial score (nSPS) is 16.3. The Balaban J connectivity index is 1.61. The maximum absolute atomic E-state index is 12.3. The van der Waals surface area contributed by atoms with E-state index in [0.717, 1.165) is 5.56 Å². The molecule has 3 rings (SSSR count). The van der Waals surface area contributed by atoms with E-state index in [4.69, 9.17) is 0 Å². The molecule has 0 spiro atoms. The maximum Gasteiger partial charge on any atom is 0.254 e. The Bertz CT molecular complexity index is 835. The lowest BCUT2D eigenvalue weighted by Crippen LogP contribution is -2.41. The van der Waals surface area contributed by atoms with Gasteiger partial charge in [-0.25, -0.2) is 4.98 Å². The lowest BCUT2D eigenvalue weighted by atomic mass is 10.1. The van der Waals surface area contributed by atoms with Crippen LogP contribution in [0.15, 0.2) is 42.6 Å². The number of aromatic nitrogens is 1. The van der Waals surface area contributed by atoms with Gasteiger partial charge in [0.05, 0.1) is 11.3 Å². The summed E-state index contributed by atoms with van der Waals surface area (Å²) in [6.45, 7) is 1.90. The van der Waals surface area contributed by atoms with Crippen molar-refractivity contribution in [2.75, 3.05) is 10.6 Å². The maximum atomic E-state index is 12.3. The molecule has 1 aliphatic rings. The molecule has 0 bridgehead atoms. The van der Waals surface area contributed by atoms with Crippen LogP contribution in [0.4, 0.5) is 11.5 Å². The molecule has 0 radical (unpaired) electrons. The molecule has 2 heterocycles. The van der Waals surface area contributed by atoms with E-state index in [-0.39, 0.29) is 30.6 Å². The number of aryl methyl sites for hydroxylation is 1. The number of anilines is 2. The second-order valence-electron chi connectivity index (χ2n) is 5.87. The van der Waals surface area contributed by atoms with Crippen LogP contribution in [0.25, 0.3) is 0 Å². The van der Waals surface area contributed by atoms with Gasteiger partial charge in [0.25, 0.3) is 5.91 Å². The van der Waals surface area contributed by atoms with Crippen LogP contribution < -0.4 is 16.0 Å². The number of carbonyl (C=O) groups excluding carboxylic acids is 3. The second kappa shape index (κ2) is 7.12. The molecule has 1 atom stereocenters. The van der Waals surface area contributed by atoms with Crippen molar-refractivity contribution in [2.24, 2.45) is 0 Å². The van der Waals surface area contributed by atoms with Crippen LogP contribution >= 0.6 is 0 Å². The van der Waals surface area contributed by atoms with Gasteiger partial charge in [-0.2, -0.15) is 0 Å². The predicted molar refractivity (Wildman–Crippen MR) is 93.2 cm³/mol. The van der Waals surface area contributed by atoms with Gasteiger partial charge in [0.1, 0.15) is 11.9 Å². The van der Waals surface area contributed by atoms with Crippen molar-refractivity contribution in [3.63, 3.8) is 0 Å². The molecular weight excluding hydrogens is 320 g/mol. The van der Waals surface area contributed by atoms with Crippen molar-refractivity contribution < 1.29 is 14.4 Å². The minimum Gasteiger partial charge on any atom is -0.340 e. The van der Waals surface area contributed by atoms with Gasteiger partial charge in [0.2, 0.25) is 11.8 Å². The second-order valence-corrected chi connectivity index (χ2v) is 5.87. The zero-order chi connectivity index (χ0) is 17.8. The number of nitrogens with zero attached hydrogens (tertiary/aromatic N) is 1. The number of fused-ring (bicyclic) bond motifs is 1. The summed E-state index contributed by atoms with van der Waals surface area (Å²) in [6, 6.07) is 9.61. The first-order chi connectivity index (χ1) is 12.0. The van der Waals surface area contributed by atoms with E-state index < -0.39 is 6.04 Å². The van der Waals surface area contributed by atoms with E-state index in [1.165, 1.54) is 0 Å². The number of nitrogens with one attached hydrogen (secondary N) is 3. The molecule has 1 aliphatic heterocycles. The number of hydrogen-bond donors (Lipinski definition) is 3. The van der Waals surface area contributed by atoms with Crippen LogP contribution in [-0.2, 0) is 9.59 Å². The smallest absolute Gasteiger partial charge is 0.254 e. The highest BCUT2D eigenvalue weighted by atomic mass is 16.2. The standard InChI is InChI=1S/C18H18N4O3/c1-11-8-9-19-15(10-11)22-16(23)7-6-14-18(25)20-13-5-3-2-4-12(13)17(24)21-14/h2-5,8-10,14H,6-7H2,1H3,(H,20,25)(H,21,24)(H,19,22,23). The molecule has 1 unspecified atom stereocenters. The number of benzene rings is 1. The van der Waals surface area contributed by atoms with Gasteiger partial charge in [0, 0.05) is 12.6 Å². The lowest BCUT2D eigenvalue weighted by molar-refractivity contribution is -0.118. The van der Waals surface area contributed by atoms with E-state index in [9.17, 15) is 14.4 Å². The highest BCUT2D eigenvalue weighted by molar-refractivity contribution is 6.09. The third-order valence-electron chi connectivity index (χ3n) is 3.89. The monoisotopic (exact) mass is 338 g/mol. The van der Waals surface area contributed by atoms with Gasteiger partial charge in [-0.05, 0) is 43.2 Å². The fourth-order valence-electron chi connectivity index (χ4n) is 2.60. The van der Waals surface area contributed by atoms with Crippen LogP contribution in [0, 0.1) is 6.92 Å². The van der Waals surface area contributed by atoms with Crippen molar-refractivity contribution in [2.45, 2.75) is 25.8 Å². The molecule has 7 nitrogen and oxygen atoms in total. The van der Waals surface area contributed by atoms with E-state index in [1.807, 2.05) is 13.0 Å². The van der Waals surface area contributed by atoms with Gasteiger partial charge in [0.15, 0.2) is 0 Å². The lowest BCUT2D eigenvalue weighted by Gasteiger charge is -2.14. The number of amides is 3. The predicted octanol–water partition coefficient (Wildman–Crippen LogP) is 1.86. The average molecular weight is 338 g/mol. The minimum absolute atomic E-state index is 0.0876. The summed E-state index contributed by atoms with van der Waals surface area (Å²) >= 11 is 0. The Labute approximate surface area is 144 Å². The molecule has 128 valence electrons. The Morgan fingerprint density at radius 2 is 2.04 bits per heavy atom. The fraction of sp³-hybridized carbons (Fsp3) is 0.222. The number of hydrogen-bond acceptors (Lipinski definition) is 4. The van der Waals surface area contributed by atoms with Crippen molar-refractivity contribution >= 4 is 29.2 Å². The number of carbonyl (C=O) groups is 3. The number of pyridine rings is 1. The summed E-state index contributed by atoms with van der Waals surface area (Å²) < 4.78 is 0. The summed E-state index contributed by atoms with van der Waals surface area (Å²) in [5.41, 5.74) is 1.87. The van der Waals surface area contributed by atoms with E-state index >= 15 is 0 Å². The summed E-state index contributed by atoms with van der Waals surface area (Å²) in [5, 5.41) is 8.07. The first-order valence-corrected chi connectivity index (χ1v) is 7.96. The third kappa shape index (κ3) is 4.00. The Hall–Kier alpha value is -3.22. The SMILES string of the molecule is Cc1ccnc(NC(=O)CCC2NC(=O)c3ccccc3NC2=O)c1. The van der Waals surface area contributed by atoms with Crippen molar-refractivity contribution in [3.8, 4) is 0 Å². The zero-order valence-electron chi connectivity index (χ0n) is 13.7. The largest absolute Gasteiger partial charge is 0.340 e. The van der Waals surface area contributed by atoms with Crippen LogP contribution in [0.3, 0.4) is 0 Å². The Kier molecular flexibility index (Phi) is 4.74. The van der Waals surface area contributed by atoms with Crippen LogP contribution in [-0.4, -0.2) is 28.7 Å². The first kappa shape index (κ1) is 16.6. The van der Waals surface area contributed by atoms with E-state index in [1.54, 1.807) is 36.5 Å². The molecular formula is C18H18N4O3. The Morgan fingerprint density at radius 3 is 2.84 bits per heavy atom. The molecule has 0 aliphatic carbocycles. The highest BCUT2D eigenvalue weighted by Gasteiger charge is 2.27. The molecule has 1 aromatic heterocycles. The van der Waals surface area contributed by atoms with Crippen molar-refractivity contribution in [3.05, 3.63) is 53.7 Å². The molecule has 25 heavy (non-hydrogen) atoms. The summed E-state index contributed by atoms with van der Waals surface area (Å²) in [6.07, 6.45) is 1.90. The Morgan fingerprint density at radius 1 is 1.24 bits per heavy atom. The topological polar surface area (TPSA) is 100 Å². The summed E-state index contributed by atoms with van der Waals surface area (Å²) in [4.78, 5) is 40.6. The molecule has 3 amide bonds. The van der Waals surface area contributed by atoms with Gasteiger partial charge in [-0.3, -0.25) is 14.4 Å². The highest BCUT2D eigenvalue weighted by Crippen LogP contribution is 2.19. The van der Waals surface area contributed by atoms with Crippen LogP contribution in [0.2, 0.25) is 0 Å². The molecule has 0 saturated carbocycles. The van der Waals surface area contributed by atoms with Crippen molar-refractivity contribution in [1.82, 2.24) is 10.3 Å². The minimum atomic E-state index is -0.767. The molecule has 7 heteroatoms. The molecule has 3 N–H and O–H groups in total. The zero-order valence-corrected chi connectivity index (χ0v) is 13.7. The molecule has 0 fully saturated rings. The van der Waals surface area contributed by atoms with Crippen LogP contribution in [0.5, 0.6) is 0 Å². The molecule has 2 aromatic rings. The molecule has 1 aromatic carbocycles. The first-order valence-electron chi connectivity index (χ1n) is 7.96. The summed E-state index contributed by atoms with van der Waals surface area (Å²) in [7, 11) is 0. The number of rotatable bonds is 4. The van der Waals surface area contributed by atoms with Gasteiger partial charge < -0.3 is 16.0 Å². The molecule has 0 saturated heterocycles. The van der Waals surface area contributed by atoms with E-state index in [2.05, 4.69) is 20.9 Å². The number of para-hydroxylation sites is 1. The van der Waals surface area contributed by atoms with Gasteiger partial charge >= 0.3 is 0 Å². The van der Waals surface area contributed by atoms with Gasteiger partial charge in [-0.1, -0.05) is 12.1 Å². The van der Waals surface area contributed by atoms with E-state index in [0.29, 0.717) is 17.1 Å². The van der Waals surface area contributed by atoms with Gasteiger partial charge in [-0.15, -0.1) is 0 Å². The van der Waals surface area contributed by atoms with Crippen molar-refractivity contribution in [1.29, 1.82) is 0 Å². The third-order valence-corrected chi connectivity index (χ3v) is 3.89. The fourth-order valence-corrected chi connectivity index (χ4v) is 2.60.